The number of aliphatic hydroxyl groups excluding tert-OH is 1. The van der Waals surface area contributed by atoms with Gasteiger partial charge in [-0.25, -0.2) is 9.18 Å². The van der Waals surface area contributed by atoms with Crippen LogP contribution in [-0.4, -0.2) is 72.4 Å². The summed E-state index contributed by atoms with van der Waals surface area (Å²) < 4.78 is 18.8. The number of ether oxygens (including phenoxy) is 1. The zero-order chi connectivity index (χ0) is 16.3. The van der Waals surface area contributed by atoms with Crippen LogP contribution in [0, 0.1) is 5.82 Å². The number of hydrogen-bond acceptors (Lipinski definition) is 5. The maximum Gasteiger partial charge on any atom is 0.317 e. The summed E-state index contributed by atoms with van der Waals surface area (Å²) in [5, 5.41) is 12.5. The number of likely N-dealkylation sites (tertiary alicyclic amines) is 1. The van der Waals surface area contributed by atoms with E-state index < -0.39 is 11.9 Å². The first-order valence-electron chi connectivity index (χ1n) is 6.98. The first-order valence-corrected chi connectivity index (χ1v) is 6.98. The van der Waals surface area contributed by atoms with Gasteiger partial charge in [0.25, 0.3) is 0 Å². The molecule has 2 N–H and O–H groups in total. The van der Waals surface area contributed by atoms with Crippen molar-refractivity contribution >= 4 is 6.03 Å². The molecule has 1 fully saturated rings. The van der Waals surface area contributed by atoms with Gasteiger partial charge in [0, 0.05) is 25.4 Å². The average Bonchev–Trinajstić information content (AvgIpc) is 2.88. The minimum absolute atomic E-state index is 0.0406. The minimum atomic E-state index is -0.590. The number of carbonyl (C=O) groups excluding carboxylic acids is 1. The number of aliphatic hydroxyl groups is 1. The zero-order valence-electron chi connectivity index (χ0n) is 12.9. The molecule has 2 heterocycles. The highest BCUT2D eigenvalue weighted by Crippen LogP contribution is 2.18. The predicted octanol–water partition coefficient (Wildman–Crippen LogP) is 0.0456. The Morgan fingerprint density at radius 1 is 1.59 bits per heavy atom. The topological polar surface area (TPSA) is 77.9 Å². The molecular formula is C14H21FN4O3. The van der Waals surface area contributed by atoms with Gasteiger partial charge >= 0.3 is 6.03 Å². The largest absolute Gasteiger partial charge is 0.494 e. The molecule has 0 saturated carbocycles. The highest BCUT2D eigenvalue weighted by Gasteiger charge is 2.35. The van der Waals surface area contributed by atoms with Crippen molar-refractivity contribution in [2.24, 2.45) is 0 Å². The van der Waals surface area contributed by atoms with Crippen molar-refractivity contribution in [3.05, 3.63) is 23.8 Å². The second-order valence-corrected chi connectivity index (χ2v) is 5.44. The van der Waals surface area contributed by atoms with Gasteiger partial charge in [-0.2, -0.15) is 0 Å². The van der Waals surface area contributed by atoms with Crippen LogP contribution >= 0.6 is 0 Å². The first-order chi connectivity index (χ1) is 10.4. The number of aromatic nitrogens is 1. The lowest BCUT2D eigenvalue weighted by molar-refractivity contribution is 0.113. The molecule has 1 aliphatic rings. The summed E-state index contributed by atoms with van der Waals surface area (Å²) in [7, 11) is 5.07. The van der Waals surface area contributed by atoms with Crippen LogP contribution in [-0.2, 0) is 6.54 Å². The molecule has 0 radical (unpaired) electrons. The van der Waals surface area contributed by atoms with Gasteiger partial charge in [-0.15, -0.1) is 0 Å². The highest BCUT2D eigenvalue weighted by molar-refractivity contribution is 5.74. The Morgan fingerprint density at radius 3 is 2.91 bits per heavy atom. The molecule has 2 amide bonds. The SMILES string of the molecule is COc1ccnc(CNC(=O)N2C[C@H](O)[C@@H](N(C)C)C2)c1F. The van der Waals surface area contributed by atoms with Gasteiger partial charge in [0.15, 0.2) is 11.6 Å². The second kappa shape index (κ2) is 6.89. The van der Waals surface area contributed by atoms with E-state index in [1.165, 1.54) is 24.3 Å². The van der Waals surface area contributed by atoms with E-state index >= 15 is 0 Å². The molecular weight excluding hydrogens is 291 g/mol. The van der Waals surface area contributed by atoms with Crippen molar-refractivity contribution in [2.75, 3.05) is 34.3 Å². The summed E-state index contributed by atoms with van der Waals surface area (Å²) >= 11 is 0. The van der Waals surface area contributed by atoms with Crippen LogP contribution in [0.5, 0.6) is 5.75 Å². The Kier molecular flexibility index (Phi) is 5.15. The van der Waals surface area contributed by atoms with Crippen LogP contribution in [0.15, 0.2) is 12.3 Å². The second-order valence-electron chi connectivity index (χ2n) is 5.44. The van der Waals surface area contributed by atoms with E-state index in [1.807, 2.05) is 19.0 Å². The van der Waals surface area contributed by atoms with Crippen molar-refractivity contribution in [2.45, 2.75) is 18.7 Å². The Morgan fingerprint density at radius 2 is 2.32 bits per heavy atom. The van der Waals surface area contributed by atoms with E-state index in [-0.39, 0.29) is 36.6 Å². The number of halogens is 1. The molecule has 2 atom stereocenters. The monoisotopic (exact) mass is 312 g/mol. The Balaban J connectivity index is 1.94. The summed E-state index contributed by atoms with van der Waals surface area (Å²) in [5.74, 6) is -0.499. The average molecular weight is 312 g/mol. The molecule has 0 aliphatic carbocycles. The quantitative estimate of drug-likeness (QED) is 0.821. The van der Waals surface area contributed by atoms with Gasteiger partial charge in [0.05, 0.1) is 31.5 Å². The number of rotatable bonds is 4. The molecule has 0 spiro atoms. The van der Waals surface area contributed by atoms with Crippen LogP contribution in [0.3, 0.4) is 0 Å². The smallest absolute Gasteiger partial charge is 0.317 e. The van der Waals surface area contributed by atoms with Crippen molar-refractivity contribution < 1.29 is 19.0 Å². The van der Waals surface area contributed by atoms with E-state index in [2.05, 4.69) is 10.3 Å². The molecule has 1 aromatic heterocycles. The molecule has 8 heteroatoms. The number of amides is 2. The molecule has 0 unspecified atom stereocenters. The van der Waals surface area contributed by atoms with Gasteiger partial charge in [0.1, 0.15) is 0 Å². The molecule has 7 nitrogen and oxygen atoms in total. The van der Waals surface area contributed by atoms with Crippen LogP contribution in [0.2, 0.25) is 0 Å². The van der Waals surface area contributed by atoms with Gasteiger partial charge in [-0.1, -0.05) is 0 Å². The highest BCUT2D eigenvalue weighted by atomic mass is 19.1. The normalized spacial score (nSPS) is 21.3. The van der Waals surface area contributed by atoms with Crippen molar-refractivity contribution in [3.63, 3.8) is 0 Å². The number of urea groups is 1. The van der Waals surface area contributed by atoms with Gasteiger partial charge in [-0.3, -0.25) is 4.98 Å². The summed E-state index contributed by atoms with van der Waals surface area (Å²) in [5.41, 5.74) is 0.108. The molecule has 1 aromatic rings. The van der Waals surface area contributed by atoms with E-state index in [0.29, 0.717) is 6.54 Å². The molecule has 2 rings (SSSR count). The maximum absolute atomic E-state index is 13.9. The zero-order valence-corrected chi connectivity index (χ0v) is 12.9. The number of carbonyl (C=O) groups is 1. The van der Waals surface area contributed by atoms with Crippen LogP contribution in [0.4, 0.5) is 9.18 Å². The molecule has 0 bridgehead atoms. The van der Waals surface area contributed by atoms with Crippen molar-refractivity contribution in [1.29, 1.82) is 0 Å². The Bertz CT molecular complexity index is 541. The summed E-state index contributed by atoms with van der Waals surface area (Å²) in [6.07, 6.45) is 0.831. The summed E-state index contributed by atoms with van der Waals surface area (Å²) in [6.45, 7) is 0.637. The van der Waals surface area contributed by atoms with Crippen molar-refractivity contribution in [1.82, 2.24) is 20.1 Å². The van der Waals surface area contributed by atoms with Gasteiger partial charge < -0.3 is 25.0 Å². The molecule has 22 heavy (non-hydrogen) atoms. The maximum atomic E-state index is 13.9. The fourth-order valence-corrected chi connectivity index (χ4v) is 2.46. The lowest BCUT2D eigenvalue weighted by Gasteiger charge is -2.21. The van der Waals surface area contributed by atoms with Crippen molar-refractivity contribution in [3.8, 4) is 5.75 Å². The van der Waals surface area contributed by atoms with Crippen LogP contribution < -0.4 is 10.1 Å². The summed E-state index contributed by atoms with van der Waals surface area (Å²) in [4.78, 5) is 19.4. The van der Waals surface area contributed by atoms with Gasteiger partial charge in [-0.05, 0) is 14.1 Å². The third kappa shape index (κ3) is 3.45. The number of β-amino-alcohol motifs (C(OH)–C–C–N with tert-alkyl or cyclic N) is 1. The number of likely N-dealkylation sites (N-methyl/N-ethyl adjacent to an activating group) is 1. The van der Waals surface area contributed by atoms with E-state index in [9.17, 15) is 14.3 Å². The van der Waals surface area contributed by atoms with E-state index in [0.717, 1.165) is 0 Å². The molecule has 122 valence electrons. The lowest BCUT2D eigenvalue weighted by Crippen LogP contribution is -2.40. The third-order valence-corrected chi connectivity index (χ3v) is 3.76. The molecule has 1 aliphatic heterocycles. The number of methoxy groups -OCH3 is 1. The Labute approximate surface area is 128 Å². The number of nitrogens with zero attached hydrogens (tertiary/aromatic N) is 3. The molecule has 0 aromatic carbocycles. The van der Waals surface area contributed by atoms with E-state index in [1.54, 1.807) is 0 Å². The van der Waals surface area contributed by atoms with Crippen LogP contribution in [0.1, 0.15) is 5.69 Å². The number of nitrogens with one attached hydrogen (secondary N) is 1. The first kappa shape index (κ1) is 16.4. The lowest BCUT2D eigenvalue weighted by atomic mass is 10.2. The molecule has 1 saturated heterocycles. The Hall–Kier alpha value is -1.93. The van der Waals surface area contributed by atoms with Gasteiger partial charge in [0.2, 0.25) is 0 Å². The van der Waals surface area contributed by atoms with E-state index in [4.69, 9.17) is 4.74 Å². The fourth-order valence-electron chi connectivity index (χ4n) is 2.46. The number of pyridine rings is 1. The predicted molar refractivity (Wildman–Crippen MR) is 78.0 cm³/mol. The third-order valence-electron chi connectivity index (χ3n) is 3.76. The minimum Gasteiger partial charge on any atom is -0.494 e. The number of hydrogen-bond donors (Lipinski definition) is 2. The fraction of sp³-hybridized carbons (Fsp3) is 0.571. The standard InChI is InChI=1S/C14H21FN4O3/c1-18(2)10-7-19(8-11(10)20)14(21)17-6-9-13(15)12(22-3)4-5-16-9/h4-5,10-11,20H,6-8H2,1-3H3,(H,17,21)/t10-,11-/m0/s1. The van der Waals surface area contributed by atoms with Crippen LogP contribution in [0.25, 0.3) is 0 Å². The summed E-state index contributed by atoms with van der Waals surface area (Å²) in [6, 6.07) is 0.962.